The zero-order valence-electron chi connectivity index (χ0n) is 27.4. The average molecular weight is 588 g/mol. The molecule has 0 saturated carbocycles. The summed E-state index contributed by atoms with van der Waals surface area (Å²) >= 11 is 0. The Bertz CT molecular complexity index is 2010. The fraction of sp³-hybridized carbons (Fsp3) is 0.186. The van der Waals surface area contributed by atoms with E-state index in [0.29, 0.717) is 0 Å². The molecule has 224 valence electrons. The summed E-state index contributed by atoms with van der Waals surface area (Å²) in [7, 11) is 0. The Kier molecular flexibility index (Phi) is 7.93. The van der Waals surface area contributed by atoms with E-state index >= 15 is 0 Å². The number of anilines is 1. The van der Waals surface area contributed by atoms with Gasteiger partial charge in [0.25, 0.3) is 0 Å². The number of carbonyl (C=O) groups excluding carboxylic acids is 1. The highest BCUT2D eigenvalue weighted by molar-refractivity contribution is 6.22. The number of fused-ring (bicyclic) bond motifs is 1. The second-order valence-electron chi connectivity index (χ2n) is 13.4. The van der Waals surface area contributed by atoms with Crippen LogP contribution in [0.2, 0.25) is 0 Å². The molecular weight excluding hydrogens is 546 g/mol. The van der Waals surface area contributed by atoms with E-state index in [-0.39, 0.29) is 5.91 Å². The number of nitrogens with one attached hydrogen (secondary N) is 1. The van der Waals surface area contributed by atoms with Crippen LogP contribution >= 0.6 is 0 Å². The Balaban J connectivity index is 1.89. The summed E-state index contributed by atoms with van der Waals surface area (Å²) in [5.74, 6) is -0.0127. The van der Waals surface area contributed by atoms with E-state index in [2.05, 4.69) is 142 Å². The van der Waals surface area contributed by atoms with Crippen molar-refractivity contribution in [2.24, 2.45) is 5.41 Å². The summed E-state index contributed by atoms with van der Waals surface area (Å²) in [5, 5.41) is 5.50. The smallest absolute Gasteiger partial charge is 0.229 e. The normalized spacial score (nSPS) is 11.5. The maximum atomic E-state index is 13.6. The van der Waals surface area contributed by atoms with Crippen molar-refractivity contribution in [3.63, 3.8) is 0 Å². The van der Waals surface area contributed by atoms with Gasteiger partial charge in [-0.1, -0.05) is 152 Å². The Morgan fingerprint density at radius 2 is 0.822 bits per heavy atom. The molecule has 2 nitrogen and oxygen atoms in total. The minimum Gasteiger partial charge on any atom is -0.325 e. The molecule has 0 aliphatic rings. The van der Waals surface area contributed by atoms with Crippen LogP contribution in [0.3, 0.4) is 0 Å². The monoisotopic (exact) mass is 587 g/mol. The molecule has 1 amide bonds. The maximum Gasteiger partial charge on any atom is 0.229 e. The van der Waals surface area contributed by atoms with Crippen LogP contribution in [-0.4, -0.2) is 5.91 Å². The van der Waals surface area contributed by atoms with E-state index in [1.54, 1.807) is 0 Å². The SMILES string of the molecule is Cc1ccc(-c2c(-c3ccc(C)cc3)c(-c3ccc(C)cc3)c3c(NC(=O)C(C)(C)C)cccc3c2-c2ccc(C)cc2)cc1. The molecular formula is C43H41NO. The number of amides is 1. The molecule has 0 aromatic heterocycles. The third-order valence-corrected chi connectivity index (χ3v) is 8.62. The first-order valence-electron chi connectivity index (χ1n) is 15.7. The number of benzene rings is 6. The van der Waals surface area contributed by atoms with E-state index in [1.807, 2.05) is 26.8 Å². The summed E-state index contributed by atoms with van der Waals surface area (Å²) in [6, 6.07) is 41.7. The zero-order valence-corrected chi connectivity index (χ0v) is 27.4. The Morgan fingerprint density at radius 3 is 1.22 bits per heavy atom. The molecule has 0 aliphatic heterocycles. The highest BCUT2D eigenvalue weighted by Crippen LogP contribution is 2.52. The maximum absolute atomic E-state index is 13.6. The molecule has 6 aromatic rings. The summed E-state index contributed by atoms with van der Waals surface area (Å²) in [6.45, 7) is 14.4. The third-order valence-electron chi connectivity index (χ3n) is 8.62. The van der Waals surface area contributed by atoms with E-state index in [0.717, 1.165) is 55.4 Å². The Morgan fingerprint density at radius 1 is 0.467 bits per heavy atom. The highest BCUT2D eigenvalue weighted by atomic mass is 16.2. The van der Waals surface area contributed by atoms with E-state index in [4.69, 9.17) is 0 Å². The molecule has 2 heteroatoms. The molecule has 0 aliphatic carbocycles. The van der Waals surface area contributed by atoms with Crippen LogP contribution in [0.15, 0.2) is 115 Å². The van der Waals surface area contributed by atoms with Gasteiger partial charge in [-0.25, -0.2) is 0 Å². The van der Waals surface area contributed by atoms with Crippen molar-refractivity contribution in [2.45, 2.75) is 48.5 Å². The first-order valence-corrected chi connectivity index (χ1v) is 15.7. The summed E-state index contributed by atoms with van der Waals surface area (Å²) in [4.78, 5) is 13.6. The molecule has 6 aromatic carbocycles. The Labute approximate surface area is 267 Å². The third kappa shape index (κ3) is 5.93. The van der Waals surface area contributed by atoms with E-state index in [1.165, 1.54) is 27.8 Å². The van der Waals surface area contributed by atoms with Crippen molar-refractivity contribution in [3.05, 3.63) is 138 Å². The fourth-order valence-electron chi connectivity index (χ4n) is 6.00. The number of aryl methyl sites for hydroxylation is 4. The van der Waals surface area contributed by atoms with Crippen LogP contribution in [-0.2, 0) is 4.79 Å². The van der Waals surface area contributed by atoms with Gasteiger partial charge in [-0.05, 0) is 78.1 Å². The lowest BCUT2D eigenvalue weighted by Gasteiger charge is -2.26. The van der Waals surface area contributed by atoms with Crippen LogP contribution in [0.5, 0.6) is 0 Å². The predicted octanol–water partition coefficient (Wildman–Crippen LogP) is 11.7. The number of hydrogen-bond acceptors (Lipinski definition) is 1. The van der Waals surface area contributed by atoms with Crippen LogP contribution in [0.25, 0.3) is 55.3 Å². The minimum absolute atomic E-state index is 0.0127. The van der Waals surface area contributed by atoms with Gasteiger partial charge in [0.05, 0.1) is 0 Å². The predicted molar refractivity (Wildman–Crippen MR) is 193 cm³/mol. The van der Waals surface area contributed by atoms with Gasteiger partial charge in [-0.15, -0.1) is 0 Å². The molecule has 0 atom stereocenters. The van der Waals surface area contributed by atoms with Crippen molar-refractivity contribution in [1.82, 2.24) is 0 Å². The lowest BCUT2D eigenvalue weighted by Crippen LogP contribution is -2.27. The zero-order chi connectivity index (χ0) is 31.9. The molecule has 1 N–H and O–H groups in total. The van der Waals surface area contributed by atoms with Crippen molar-refractivity contribution in [3.8, 4) is 44.5 Å². The standard InChI is InChI=1S/C43H41NO/c1-27-11-19-31(20-12-27)37-35-9-8-10-36(44-42(45)43(5,6)7)41(35)40(34-25-17-30(4)18-26-34)39(33-23-15-29(3)16-24-33)38(37)32-21-13-28(2)14-22-32/h8-26H,1-7H3,(H,44,45). The molecule has 0 radical (unpaired) electrons. The van der Waals surface area contributed by atoms with Crippen LogP contribution in [0.4, 0.5) is 5.69 Å². The molecule has 0 saturated heterocycles. The molecule has 45 heavy (non-hydrogen) atoms. The van der Waals surface area contributed by atoms with Crippen molar-refractivity contribution in [2.75, 3.05) is 5.32 Å². The van der Waals surface area contributed by atoms with E-state index in [9.17, 15) is 4.79 Å². The van der Waals surface area contributed by atoms with Crippen LogP contribution in [0.1, 0.15) is 43.0 Å². The molecule has 6 rings (SSSR count). The van der Waals surface area contributed by atoms with Gasteiger partial charge in [0.1, 0.15) is 0 Å². The second-order valence-corrected chi connectivity index (χ2v) is 13.4. The first kappa shape index (κ1) is 30.1. The van der Waals surface area contributed by atoms with Gasteiger partial charge < -0.3 is 5.32 Å². The van der Waals surface area contributed by atoms with Gasteiger partial charge in [0, 0.05) is 22.1 Å². The first-order chi connectivity index (χ1) is 21.5. The lowest BCUT2D eigenvalue weighted by atomic mass is 9.78. The largest absolute Gasteiger partial charge is 0.325 e. The molecule has 0 unspecified atom stereocenters. The van der Waals surface area contributed by atoms with Crippen molar-refractivity contribution < 1.29 is 4.79 Å². The van der Waals surface area contributed by atoms with Gasteiger partial charge in [-0.3, -0.25) is 4.79 Å². The molecule has 0 fully saturated rings. The summed E-state index contributed by atoms with van der Waals surface area (Å²) in [5.41, 5.74) is 14.3. The van der Waals surface area contributed by atoms with Gasteiger partial charge in [-0.2, -0.15) is 0 Å². The number of rotatable bonds is 5. The second kappa shape index (κ2) is 11.9. The quantitative estimate of drug-likeness (QED) is 0.214. The van der Waals surface area contributed by atoms with Crippen LogP contribution < -0.4 is 5.32 Å². The minimum atomic E-state index is -0.548. The van der Waals surface area contributed by atoms with E-state index < -0.39 is 5.41 Å². The summed E-state index contributed by atoms with van der Waals surface area (Å²) in [6.07, 6.45) is 0. The van der Waals surface area contributed by atoms with Crippen molar-refractivity contribution in [1.29, 1.82) is 0 Å². The highest BCUT2D eigenvalue weighted by Gasteiger charge is 2.27. The van der Waals surface area contributed by atoms with Gasteiger partial charge >= 0.3 is 0 Å². The number of hydrogen-bond donors (Lipinski definition) is 1. The van der Waals surface area contributed by atoms with Crippen molar-refractivity contribution >= 4 is 22.4 Å². The number of carbonyl (C=O) groups is 1. The Hall–Kier alpha value is -4.95. The van der Waals surface area contributed by atoms with Gasteiger partial charge in [0.2, 0.25) is 5.91 Å². The lowest BCUT2D eigenvalue weighted by molar-refractivity contribution is -0.123. The average Bonchev–Trinajstić information content (AvgIpc) is 3.01. The molecule has 0 bridgehead atoms. The van der Waals surface area contributed by atoms with Crippen LogP contribution in [0, 0.1) is 33.1 Å². The fourth-order valence-corrected chi connectivity index (χ4v) is 6.00. The topological polar surface area (TPSA) is 29.1 Å². The molecule has 0 heterocycles. The van der Waals surface area contributed by atoms with Gasteiger partial charge in [0.15, 0.2) is 0 Å². The summed E-state index contributed by atoms with van der Waals surface area (Å²) < 4.78 is 0. The molecule has 0 spiro atoms.